The largest absolute Gasteiger partial charge is 0.497 e. The van der Waals surface area contributed by atoms with E-state index < -0.39 is 0 Å². The van der Waals surface area contributed by atoms with Crippen LogP contribution in [0.2, 0.25) is 0 Å². The molecule has 3 nitrogen and oxygen atoms in total. The van der Waals surface area contributed by atoms with Crippen LogP contribution in [0.25, 0.3) is 6.08 Å². The molecule has 3 heteroatoms. The third-order valence-corrected chi connectivity index (χ3v) is 4.23. The number of amides is 1. The molecule has 0 aromatic heterocycles. The van der Waals surface area contributed by atoms with E-state index in [4.69, 9.17) is 4.74 Å². The zero-order valence-corrected chi connectivity index (χ0v) is 15.5. The number of nitrogens with one attached hydrogen (secondary N) is 1. The molecule has 0 bridgehead atoms. The SMILES string of the molecule is CCc1ccc([C@@H](NC(=O)/C=C/c2cccc(OC)c2)C(C)C)cc1. The molecule has 1 amide bonds. The van der Waals surface area contributed by atoms with Crippen LogP contribution < -0.4 is 10.1 Å². The summed E-state index contributed by atoms with van der Waals surface area (Å²) in [5, 5.41) is 3.11. The standard InChI is InChI=1S/C22H27NO2/c1-5-17-9-12-19(13-10-17)22(16(2)3)23-21(24)14-11-18-7-6-8-20(15-18)25-4/h6-16,22H,5H2,1-4H3,(H,23,24)/b14-11+/t22-/m0/s1. The Morgan fingerprint density at radius 2 is 1.88 bits per heavy atom. The van der Waals surface area contributed by atoms with Gasteiger partial charge in [0.2, 0.25) is 5.91 Å². The van der Waals surface area contributed by atoms with Crippen LogP contribution in [0.3, 0.4) is 0 Å². The molecule has 1 atom stereocenters. The lowest BCUT2D eigenvalue weighted by Crippen LogP contribution is -2.30. The average Bonchev–Trinajstić information content (AvgIpc) is 2.64. The third-order valence-electron chi connectivity index (χ3n) is 4.23. The van der Waals surface area contributed by atoms with Crippen molar-refractivity contribution in [2.24, 2.45) is 5.92 Å². The number of benzene rings is 2. The van der Waals surface area contributed by atoms with Gasteiger partial charge >= 0.3 is 0 Å². The Morgan fingerprint density at radius 1 is 1.16 bits per heavy atom. The molecule has 0 radical (unpaired) electrons. The Kier molecular flexibility index (Phi) is 6.81. The van der Waals surface area contributed by atoms with E-state index in [2.05, 4.69) is 50.4 Å². The van der Waals surface area contributed by atoms with Crippen LogP contribution >= 0.6 is 0 Å². The van der Waals surface area contributed by atoms with Crippen molar-refractivity contribution in [2.45, 2.75) is 33.2 Å². The molecule has 0 aliphatic heterocycles. The number of carbonyl (C=O) groups excluding carboxylic acids is 1. The monoisotopic (exact) mass is 337 g/mol. The Morgan fingerprint density at radius 3 is 2.48 bits per heavy atom. The molecule has 0 saturated carbocycles. The summed E-state index contributed by atoms with van der Waals surface area (Å²) in [7, 11) is 1.63. The van der Waals surface area contributed by atoms with Crippen molar-refractivity contribution in [3.05, 3.63) is 71.3 Å². The lowest BCUT2D eigenvalue weighted by Gasteiger charge is -2.22. The molecule has 0 saturated heterocycles. The van der Waals surface area contributed by atoms with Gasteiger partial charge in [0, 0.05) is 6.08 Å². The van der Waals surface area contributed by atoms with Crippen LogP contribution in [-0.2, 0) is 11.2 Å². The van der Waals surface area contributed by atoms with E-state index in [1.807, 2.05) is 24.3 Å². The summed E-state index contributed by atoms with van der Waals surface area (Å²) in [5.41, 5.74) is 3.37. The number of aryl methyl sites for hydroxylation is 1. The fourth-order valence-corrected chi connectivity index (χ4v) is 2.71. The van der Waals surface area contributed by atoms with E-state index >= 15 is 0 Å². The van der Waals surface area contributed by atoms with Crippen LogP contribution in [0, 0.1) is 5.92 Å². The minimum atomic E-state index is -0.0962. The quantitative estimate of drug-likeness (QED) is 0.738. The minimum Gasteiger partial charge on any atom is -0.497 e. The van der Waals surface area contributed by atoms with Gasteiger partial charge < -0.3 is 10.1 Å². The summed E-state index contributed by atoms with van der Waals surface area (Å²) in [4.78, 5) is 12.4. The first-order chi connectivity index (χ1) is 12.0. The zero-order valence-electron chi connectivity index (χ0n) is 15.5. The zero-order chi connectivity index (χ0) is 18.2. The van der Waals surface area contributed by atoms with Crippen molar-refractivity contribution in [1.82, 2.24) is 5.32 Å². The predicted molar refractivity (Wildman–Crippen MR) is 104 cm³/mol. The molecule has 0 fully saturated rings. The van der Waals surface area contributed by atoms with Crippen molar-refractivity contribution >= 4 is 12.0 Å². The van der Waals surface area contributed by atoms with Gasteiger partial charge in [0.1, 0.15) is 5.75 Å². The van der Waals surface area contributed by atoms with Gasteiger partial charge in [-0.05, 0) is 47.2 Å². The number of hydrogen-bond acceptors (Lipinski definition) is 2. The van der Waals surface area contributed by atoms with Crippen molar-refractivity contribution in [1.29, 1.82) is 0 Å². The number of ether oxygens (including phenoxy) is 1. The molecule has 0 unspecified atom stereocenters. The van der Waals surface area contributed by atoms with E-state index in [0.717, 1.165) is 23.3 Å². The topological polar surface area (TPSA) is 38.3 Å². The maximum atomic E-state index is 12.4. The highest BCUT2D eigenvalue weighted by atomic mass is 16.5. The first-order valence-corrected chi connectivity index (χ1v) is 8.75. The fourth-order valence-electron chi connectivity index (χ4n) is 2.71. The van der Waals surface area contributed by atoms with Crippen LogP contribution in [0.5, 0.6) is 5.75 Å². The van der Waals surface area contributed by atoms with E-state index in [0.29, 0.717) is 5.92 Å². The summed E-state index contributed by atoms with van der Waals surface area (Å²) >= 11 is 0. The molecular formula is C22H27NO2. The van der Waals surface area contributed by atoms with Crippen molar-refractivity contribution in [3.63, 3.8) is 0 Å². The van der Waals surface area contributed by atoms with Gasteiger partial charge in [0.05, 0.1) is 13.2 Å². The lowest BCUT2D eigenvalue weighted by molar-refractivity contribution is -0.117. The van der Waals surface area contributed by atoms with Gasteiger partial charge in [-0.3, -0.25) is 4.79 Å². The molecule has 132 valence electrons. The molecule has 0 aliphatic rings. The molecule has 2 rings (SSSR count). The summed E-state index contributed by atoms with van der Waals surface area (Å²) in [6, 6.07) is 16.1. The molecule has 2 aromatic carbocycles. The van der Waals surface area contributed by atoms with Crippen LogP contribution in [0.4, 0.5) is 0 Å². The smallest absolute Gasteiger partial charge is 0.244 e. The predicted octanol–water partition coefficient (Wildman–Crippen LogP) is 4.78. The highest BCUT2D eigenvalue weighted by molar-refractivity contribution is 5.92. The Labute approximate surface area is 150 Å². The Balaban J connectivity index is 2.07. The van der Waals surface area contributed by atoms with Crippen LogP contribution in [0.15, 0.2) is 54.6 Å². The summed E-state index contributed by atoms with van der Waals surface area (Å²) in [6.07, 6.45) is 4.39. The Bertz CT molecular complexity index is 717. The number of hydrogen-bond donors (Lipinski definition) is 1. The van der Waals surface area contributed by atoms with Crippen LogP contribution in [0.1, 0.15) is 43.5 Å². The lowest BCUT2D eigenvalue weighted by atomic mass is 9.95. The van der Waals surface area contributed by atoms with Crippen molar-refractivity contribution < 1.29 is 9.53 Å². The second kappa shape index (κ2) is 9.07. The molecule has 0 heterocycles. The minimum absolute atomic E-state index is 0.00614. The molecular weight excluding hydrogens is 310 g/mol. The van der Waals surface area contributed by atoms with Gasteiger partial charge in [-0.25, -0.2) is 0 Å². The average molecular weight is 337 g/mol. The molecule has 0 spiro atoms. The first-order valence-electron chi connectivity index (χ1n) is 8.75. The van der Waals surface area contributed by atoms with E-state index in [9.17, 15) is 4.79 Å². The van der Waals surface area contributed by atoms with E-state index in [1.54, 1.807) is 19.3 Å². The molecule has 0 aliphatic carbocycles. The fraction of sp³-hybridized carbons (Fsp3) is 0.318. The molecule has 2 aromatic rings. The third kappa shape index (κ3) is 5.49. The maximum absolute atomic E-state index is 12.4. The summed E-state index contributed by atoms with van der Waals surface area (Å²) in [5.74, 6) is 0.987. The number of rotatable bonds is 7. The van der Waals surface area contributed by atoms with E-state index in [-0.39, 0.29) is 11.9 Å². The van der Waals surface area contributed by atoms with Gasteiger partial charge in [-0.1, -0.05) is 57.2 Å². The van der Waals surface area contributed by atoms with E-state index in [1.165, 1.54) is 5.56 Å². The van der Waals surface area contributed by atoms with Crippen molar-refractivity contribution in [2.75, 3.05) is 7.11 Å². The van der Waals surface area contributed by atoms with Gasteiger partial charge in [0.15, 0.2) is 0 Å². The second-order valence-electron chi connectivity index (χ2n) is 6.44. The van der Waals surface area contributed by atoms with Gasteiger partial charge in [0.25, 0.3) is 0 Å². The van der Waals surface area contributed by atoms with Crippen LogP contribution in [-0.4, -0.2) is 13.0 Å². The Hall–Kier alpha value is -2.55. The van der Waals surface area contributed by atoms with Gasteiger partial charge in [-0.15, -0.1) is 0 Å². The molecule has 1 N–H and O–H groups in total. The molecule has 25 heavy (non-hydrogen) atoms. The van der Waals surface area contributed by atoms with Crippen molar-refractivity contribution in [3.8, 4) is 5.75 Å². The first kappa shape index (κ1) is 18.8. The normalized spacial score (nSPS) is 12.4. The number of methoxy groups -OCH3 is 1. The highest BCUT2D eigenvalue weighted by Gasteiger charge is 2.17. The highest BCUT2D eigenvalue weighted by Crippen LogP contribution is 2.22. The second-order valence-corrected chi connectivity index (χ2v) is 6.44. The number of carbonyl (C=O) groups is 1. The maximum Gasteiger partial charge on any atom is 0.244 e. The van der Waals surface area contributed by atoms with Gasteiger partial charge in [-0.2, -0.15) is 0 Å². The summed E-state index contributed by atoms with van der Waals surface area (Å²) < 4.78 is 5.20. The summed E-state index contributed by atoms with van der Waals surface area (Å²) in [6.45, 7) is 6.37.